The van der Waals surface area contributed by atoms with Crippen LogP contribution in [0.5, 0.6) is 0 Å². The Hall–Kier alpha value is 0.560. The largest absolute Gasteiger partial charge is 1.00 e. The van der Waals surface area contributed by atoms with Gasteiger partial charge in [-0.25, -0.2) is 19.3 Å². The first-order valence-electron chi connectivity index (χ1n) is 15.4. The molecule has 1 aliphatic rings. The van der Waals surface area contributed by atoms with E-state index >= 15 is 0 Å². The van der Waals surface area contributed by atoms with E-state index in [0.717, 1.165) is 29.0 Å². The topological polar surface area (TPSA) is 372 Å². The molecule has 0 spiro atoms. The number of fused-ring (bicyclic) bond motifs is 1. The average Bonchev–Trinajstić information content (AvgIpc) is 3.60. The van der Waals surface area contributed by atoms with Crippen molar-refractivity contribution >= 4 is 69.1 Å². The second-order valence-electron chi connectivity index (χ2n) is 12.3. The minimum absolute atomic E-state index is 0. The van der Waals surface area contributed by atoms with Gasteiger partial charge in [-0.05, 0) is 0 Å². The van der Waals surface area contributed by atoms with E-state index in [4.69, 9.17) is 10.5 Å². The fourth-order valence-corrected chi connectivity index (χ4v) is 7.91. The Bertz CT molecular complexity index is 1780. The van der Waals surface area contributed by atoms with Crippen molar-refractivity contribution in [1.29, 1.82) is 0 Å². The van der Waals surface area contributed by atoms with Gasteiger partial charge in [0.2, 0.25) is 11.8 Å². The van der Waals surface area contributed by atoms with Crippen molar-refractivity contribution in [3.05, 3.63) is 12.7 Å². The third-order valence-electron chi connectivity index (χ3n) is 7.20. The van der Waals surface area contributed by atoms with Crippen LogP contribution in [0.1, 0.15) is 40.3 Å². The third kappa shape index (κ3) is 17.5. The first-order chi connectivity index (χ1) is 24.4. The summed E-state index contributed by atoms with van der Waals surface area (Å²) in [5.74, 6) is -1.32. The maximum Gasteiger partial charge on any atom is 1.00 e. The number of phosphoric acid groups is 3. The van der Waals surface area contributed by atoms with E-state index in [9.17, 15) is 57.9 Å². The predicted octanol–water partition coefficient (Wildman–Crippen LogP) is -11.6. The Labute approximate surface area is 391 Å². The first kappa shape index (κ1) is 56.6. The number of thioether (sulfide) groups is 1. The molecule has 2 aromatic heterocycles. The molecule has 7 N–H and O–H groups in total. The number of hydrogen-bond acceptors (Lipinski definition) is 21. The second kappa shape index (κ2) is 24.3. The number of rotatable bonds is 20. The number of ether oxygens (including phenoxy) is 1. The van der Waals surface area contributed by atoms with Gasteiger partial charge in [0.25, 0.3) is 23.5 Å². The predicted molar refractivity (Wildman–Crippen MR) is 175 cm³/mol. The van der Waals surface area contributed by atoms with Gasteiger partial charge in [0.1, 0.15) is 36.3 Å². The summed E-state index contributed by atoms with van der Waals surface area (Å²) in [4.78, 5) is 93.4. The van der Waals surface area contributed by atoms with Crippen molar-refractivity contribution in [1.82, 2.24) is 30.2 Å². The Kier molecular flexibility index (Phi) is 24.5. The van der Waals surface area contributed by atoms with E-state index in [1.165, 1.54) is 13.8 Å². The normalized spacial score (nSPS) is 22.0. The van der Waals surface area contributed by atoms with Gasteiger partial charge in [-0.2, -0.15) is 0 Å². The van der Waals surface area contributed by atoms with Crippen LogP contribution in [0.15, 0.2) is 12.7 Å². The fraction of sp³-hybridized carbons (Fsp3) is 0.680. The number of nitrogens with one attached hydrogen (secondary N) is 2. The van der Waals surface area contributed by atoms with Gasteiger partial charge >= 0.3 is 88.7 Å². The van der Waals surface area contributed by atoms with Crippen LogP contribution in [-0.4, -0.2) is 108 Å². The Balaban J connectivity index is 0.0000101. The quantitative estimate of drug-likeness (QED) is 0.0408. The molecule has 3 heterocycles. The molecule has 0 bridgehead atoms. The Morgan fingerprint density at radius 2 is 1.68 bits per heavy atom. The van der Waals surface area contributed by atoms with Gasteiger partial charge in [-0.3, -0.25) is 32.6 Å². The summed E-state index contributed by atoms with van der Waals surface area (Å²) in [6, 6.07) is 0. The summed E-state index contributed by atoms with van der Waals surface area (Å²) >= 11 is 1.07. The molecule has 1 fully saturated rings. The number of aromatic nitrogens is 4. The molecule has 0 radical (unpaired) electrons. The number of carbonyl (C=O) groups excluding carboxylic acids is 3. The van der Waals surface area contributed by atoms with Gasteiger partial charge in [0.05, 0.1) is 19.5 Å². The van der Waals surface area contributed by atoms with E-state index in [1.807, 2.05) is 0 Å². The van der Waals surface area contributed by atoms with Crippen LogP contribution in [0.3, 0.4) is 0 Å². The SMILES string of the molecule is CC(C)C(=O)SCCNC(=O)CCNC(=O)C(O)C(C)(C)COP(=O)([O-])OP(=O)([O-])OCC1OC(n2cnc3c(N)ncnc32)C(O)C1OP(=O)([O-])O.[Na+].[Na+].[Na+]. The average molecular weight is 904 g/mol. The zero-order valence-electron chi connectivity index (χ0n) is 31.5. The number of aliphatic hydroxyl groups is 2. The summed E-state index contributed by atoms with van der Waals surface area (Å²) in [6.07, 6.45) is -7.36. The molecule has 1 aliphatic heterocycles. The summed E-state index contributed by atoms with van der Waals surface area (Å²) < 4.78 is 60.7. The monoisotopic (exact) mass is 903 g/mol. The standard InChI is InChI=1S/C25H42N7O17P3S.3Na/c1-13(2)24(37)53-8-7-27-15(33)5-6-28-22(36)19(35)25(3,4)10-46-52(43,44)49-51(41,42)45-9-14-18(48-50(38,39)40)17(34)23(47-14)32-12-31-16-20(26)29-11-30-21(16)32;;;/h11-14,17-19,23,34-35H,5-10H2,1-4H3,(H,27,33)(H,28,36)(H,41,42)(H,43,44)(H2,26,29,30)(H2,38,39,40);;;/q;3*+1/p-3. The Morgan fingerprint density at radius 3 is 2.29 bits per heavy atom. The van der Waals surface area contributed by atoms with Crippen molar-refractivity contribution in [2.75, 3.05) is 37.8 Å². The number of imidazole rings is 1. The third-order valence-corrected chi connectivity index (χ3v) is 11.4. The molecule has 2 amide bonds. The van der Waals surface area contributed by atoms with E-state index in [2.05, 4.69) is 43.5 Å². The molecule has 8 atom stereocenters. The number of carbonyl (C=O) groups is 3. The molecule has 31 heteroatoms. The Morgan fingerprint density at radius 1 is 1.05 bits per heavy atom. The van der Waals surface area contributed by atoms with Crippen LogP contribution in [0.4, 0.5) is 5.82 Å². The molecule has 3 rings (SSSR count). The van der Waals surface area contributed by atoms with E-state index < -0.39 is 84.6 Å². The molecule has 2 aromatic rings. The summed E-state index contributed by atoms with van der Waals surface area (Å²) in [7, 11) is -17.3. The van der Waals surface area contributed by atoms with Crippen LogP contribution in [-0.2, 0) is 50.7 Å². The molecular weight excluding hydrogens is 864 g/mol. The van der Waals surface area contributed by atoms with Crippen molar-refractivity contribution in [2.24, 2.45) is 11.3 Å². The number of anilines is 1. The van der Waals surface area contributed by atoms with Crippen LogP contribution in [0.25, 0.3) is 11.2 Å². The number of hydrogen-bond donors (Lipinski definition) is 6. The van der Waals surface area contributed by atoms with Gasteiger partial charge in [0, 0.05) is 36.6 Å². The summed E-state index contributed by atoms with van der Waals surface area (Å²) in [6.45, 7) is 3.66. The van der Waals surface area contributed by atoms with Gasteiger partial charge in [-0.1, -0.05) is 39.5 Å². The second-order valence-corrected chi connectivity index (χ2v) is 17.5. The minimum Gasteiger partial charge on any atom is -0.756 e. The van der Waals surface area contributed by atoms with Crippen LogP contribution in [0, 0.1) is 11.3 Å². The number of nitrogens with zero attached hydrogens (tertiary/aromatic N) is 4. The summed E-state index contributed by atoms with van der Waals surface area (Å²) in [5, 5.41) is 26.1. The smallest absolute Gasteiger partial charge is 0.756 e. The molecule has 0 saturated carbocycles. The molecule has 56 heavy (non-hydrogen) atoms. The molecule has 24 nitrogen and oxygen atoms in total. The molecule has 300 valence electrons. The first-order valence-corrected chi connectivity index (χ1v) is 20.8. The molecule has 1 saturated heterocycles. The van der Waals surface area contributed by atoms with Gasteiger partial charge in [0.15, 0.2) is 22.8 Å². The maximum atomic E-state index is 12.5. The molecule has 8 unspecified atom stereocenters. The fourth-order valence-electron chi connectivity index (χ4n) is 4.43. The van der Waals surface area contributed by atoms with E-state index in [-0.39, 0.29) is 136 Å². The number of nitrogen functional groups attached to an aromatic ring is 1. The number of aliphatic hydroxyl groups excluding tert-OH is 2. The number of nitrogens with two attached hydrogens (primary N) is 1. The number of phosphoric ester groups is 3. The van der Waals surface area contributed by atoms with Gasteiger partial charge < -0.3 is 64.5 Å². The van der Waals surface area contributed by atoms with E-state index in [1.54, 1.807) is 13.8 Å². The van der Waals surface area contributed by atoms with Crippen molar-refractivity contribution in [3.63, 3.8) is 0 Å². The van der Waals surface area contributed by atoms with Crippen LogP contribution in [0.2, 0.25) is 0 Å². The van der Waals surface area contributed by atoms with Crippen molar-refractivity contribution < 1.29 is 169 Å². The van der Waals surface area contributed by atoms with Gasteiger partial charge in [-0.15, -0.1) is 0 Å². The zero-order valence-corrected chi connectivity index (χ0v) is 41.0. The van der Waals surface area contributed by atoms with Crippen LogP contribution >= 0.6 is 35.2 Å². The van der Waals surface area contributed by atoms with Crippen molar-refractivity contribution in [3.8, 4) is 0 Å². The van der Waals surface area contributed by atoms with Crippen molar-refractivity contribution in [2.45, 2.75) is 64.8 Å². The number of amides is 2. The minimum atomic E-state index is -5.89. The van der Waals surface area contributed by atoms with Crippen LogP contribution < -0.4 is 120 Å². The molecule has 0 aliphatic carbocycles. The van der Waals surface area contributed by atoms with E-state index in [0.29, 0.717) is 5.75 Å². The zero-order chi connectivity index (χ0) is 39.9. The molecule has 0 aromatic carbocycles. The molecular formula is C25H39N7Na3O17P3S. The maximum absolute atomic E-state index is 12.5. The summed E-state index contributed by atoms with van der Waals surface area (Å²) in [5.41, 5.74) is 4.11.